The summed E-state index contributed by atoms with van der Waals surface area (Å²) >= 11 is 22.2. The fourth-order valence-electron chi connectivity index (χ4n) is 10.3. The number of carbonyl (C=O) groups is 4. The van der Waals surface area contributed by atoms with Crippen molar-refractivity contribution in [3.05, 3.63) is 227 Å². The minimum absolute atomic E-state index is 0. The van der Waals surface area contributed by atoms with Gasteiger partial charge in [-0.15, -0.1) is 0 Å². The average Bonchev–Trinajstić information content (AvgIpc) is 0.855. The van der Waals surface area contributed by atoms with Crippen molar-refractivity contribution < 1.29 is 39.2 Å². The Morgan fingerprint density at radius 3 is 1.18 bits per heavy atom. The Morgan fingerprint density at radius 1 is 0.518 bits per heavy atom. The zero-order valence-corrected chi connectivity index (χ0v) is 65.8. The first-order chi connectivity index (χ1) is 52.6. The molecule has 28 nitrogen and oxygen atoms in total. The van der Waals surface area contributed by atoms with Gasteiger partial charge in [-0.25, -0.2) is 23.7 Å². The third-order valence-electron chi connectivity index (χ3n) is 16.9. The van der Waals surface area contributed by atoms with Crippen LogP contribution in [0.4, 0.5) is 60.5 Å². The number of aromatic nitrogens is 4. The first kappa shape index (κ1) is 90.4. The highest BCUT2D eigenvalue weighted by atomic mass is 35.5. The Balaban J connectivity index is 0.000000285. The summed E-state index contributed by atoms with van der Waals surface area (Å²) < 4.78 is 26.2. The van der Waals surface area contributed by atoms with E-state index in [0.29, 0.717) is 58.9 Å². The molecule has 12 rings (SSSR count). The van der Waals surface area contributed by atoms with E-state index >= 15 is 0 Å². The van der Waals surface area contributed by atoms with Gasteiger partial charge in [-0.1, -0.05) is 44.0 Å². The van der Waals surface area contributed by atoms with Crippen LogP contribution >= 0.6 is 46.4 Å². The molecule has 0 saturated carbocycles. The predicted octanol–water partition coefficient (Wildman–Crippen LogP) is 13.1. The second-order valence-electron chi connectivity index (χ2n) is 24.9. The maximum absolute atomic E-state index is 13.3. The van der Waals surface area contributed by atoms with E-state index in [0.717, 1.165) is 89.8 Å². The average molecular weight is 1600 g/mol. The molecule has 0 bridgehead atoms. The molecule has 0 spiro atoms. The minimum atomic E-state index is -0.620. The number of non-ortho nitro benzene ring substituents is 2. The van der Waals surface area contributed by atoms with E-state index in [4.69, 9.17) is 57.4 Å². The predicted molar refractivity (Wildman–Crippen MR) is 433 cm³/mol. The first-order valence-electron chi connectivity index (χ1n) is 35.2. The van der Waals surface area contributed by atoms with Crippen LogP contribution < -0.4 is 27.0 Å². The number of likely N-dealkylation sites (N-methyl/N-ethyl adjacent to an activating group) is 4. The lowest BCUT2D eigenvalue weighted by molar-refractivity contribution is -0.385. The lowest BCUT2D eigenvalue weighted by atomic mass is 10.1. The van der Waals surface area contributed by atoms with Crippen LogP contribution in [0.1, 0.15) is 70.6 Å². The SMILES string of the molecule is CC#N.CCN(CC)CC.CN1CCN(C(=O)c2ccc(N)cc2)CC1.CN1CCN(C(=O)c2ccc(Nc3nccc(Nc4ccc(F)c(Cl)c4)n3)cc2)CC1.CN1CCN(C(=O)c2ccc([N+](=O)[O-])cc2)CC1.CN1CCNCC1.Fc1ccc(Nc2ccnc(Cl)n2)cc1Cl.O=C(Cl)c1ccc([N+](=O)[O-])cc1.[HH]. The molecule has 4 saturated heterocycles. The highest BCUT2D eigenvalue weighted by molar-refractivity contribution is 6.67. The van der Waals surface area contributed by atoms with Gasteiger partial charge in [0.2, 0.25) is 11.2 Å². The van der Waals surface area contributed by atoms with E-state index in [1.165, 1.54) is 119 Å². The van der Waals surface area contributed by atoms with E-state index in [-0.39, 0.29) is 51.4 Å². The molecule has 0 atom stereocenters. The molecule has 6 aromatic carbocycles. The summed E-state index contributed by atoms with van der Waals surface area (Å²) in [7, 11) is 8.31. The molecular formula is C76H96Cl4F2N20O8. The third kappa shape index (κ3) is 32.6. The largest absolute Gasteiger partial charge is 0.399 e. The standard InChI is InChI=1S/C22H22ClFN6O.C12H15N3O3.C12H17N3O.C10H6Cl2FN3.C7H4ClNO3.C6H15N.C5H12N2.C2H3N.H2/c1-29-10-12-30(13-11-29)21(31)15-2-4-16(5-3-15)27-22-25-9-8-20(28-22)26-17-6-7-19(24)18(23)14-17;1-13-6-8-14(9-7-13)12(16)10-2-4-11(5-3-10)15(17)18;1-14-6-8-15(9-7-14)12(16)10-2-4-11(13)5-3-10;11-7-5-6(1-2-8(7)13)15-9-3-4-14-10(12)16-9;8-7(10)5-1-3-6(4-2-5)9(11)12;1-4-7(5-2)6-3;1-7-4-2-6-3-5-7;1-2-3;/h2-9,14H,10-13H2,1H3,(H2,25,26,27,28);2-5H,6-9H2,1H3;2-5H,6-9,13H2,1H3;1-5H,(H,14,15,16);1-4H;4-6H2,1-3H3;6H,2-5H2,1H3;1H3;1H. The summed E-state index contributed by atoms with van der Waals surface area (Å²) in [6, 6.07) is 38.9. The van der Waals surface area contributed by atoms with Crippen LogP contribution in [0.25, 0.3) is 0 Å². The second-order valence-corrected chi connectivity index (χ2v) is 26.4. The number of nitro groups is 2. The summed E-state index contributed by atoms with van der Waals surface area (Å²) in [6.45, 7) is 26.2. The van der Waals surface area contributed by atoms with Gasteiger partial charge in [-0.05, 0) is 192 Å². The fourth-order valence-corrected chi connectivity index (χ4v) is 10.9. The number of benzene rings is 6. The number of rotatable bonds is 15. The molecule has 34 heteroatoms. The topological polar surface area (TPSA) is 330 Å². The van der Waals surface area contributed by atoms with Crippen molar-refractivity contribution in [3.8, 4) is 6.07 Å². The molecule has 6 N–H and O–H groups in total. The van der Waals surface area contributed by atoms with E-state index in [2.05, 4.69) is 108 Å². The summed E-state index contributed by atoms with van der Waals surface area (Å²) in [4.78, 5) is 100. The van der Waals surface area contributed by atoms with Gasteiger partial charge in [0.25, 0.3) is 34.3 Å². The number of nitrogen functional groups attached to an aromatic ring is 1. The molecule has 6 heterocycles. The monoisotopic (exact) mass is 1590 g/mol. The van der Waals surface area contributed by atoms with Gasteiger partial charge < -0.3 is 66.2 Å². The number of anilines is 7. The molecule has 110 heavy (non-hydrogen) atoms. The van der Waals surface area contributed by atoms with Crippen LogP contribution in [0.3, 0.4) is 0 Å². The van der Waals surface area contributed by atoms with Crippen LogP contribution in [0, 0.1) is 43.2 Å². The Bertz CT molecular complexity index is 4190. The molecule has 0 radical (unpaired) electrons. The minimum Gasteiger partial charge on any atom is -0.399 e. The Hall–Kier alpha value is -10.2. The van der Waals surface area contributed by atoms with Gasteiger partial charge in [0.15, 0.2) is 0 Å². The van der Waals surface area contributed by atoms with E-state index in [1.807, 2.05) is 29.0 Å². The molecule has 4 fully saturated rings. The Morgan fingerprint density at radius 2 is 0.855 bits per heavy atom. The Kier molecular flexibility index (Phi) is 39.8. The number of hydrogen-bond acceptors (Lipinski definition) is 23. The van der Waals surface area contributed by atoms with E-state index in [1.54, 1.807) is 77.8 Å². The van der Waals surface area contributed by atoms with Crippen molar-refractivity contribution in [2.45, 2.75) is 27.7 Å². The van der Waals surface area contributed by atoms with Gasteiger partial charge in [-0.3, -0.25) is 39.4 Å². The van der Waals surface area contributed by atoms with Gasteiger partial charge in [-0.2, -0.15) is 10.2 Å². The molecule has 4 aliphatic rings. The molecule has 8 aromatic rings. The number of nitrogens with two attached hydrogens (primary N) is 1. The number of carbonyl (C=O) groups excluding carboxylic acids is 4. The number of nitrogens with zero attached hydrogens (tertiary/aromatic N) is 15. The van der Waals surface area contributed by atoms with Gasteiger partial charge >= 0.3 is 0 Å². The number of hydrogen-bond donors (Lipinski definition) is 5. The van der Waals surface area contributed by atoms with Crippen molar-refractivity contribution in [2.24, 2.45) is 0 Å². The van der Waals surface area contributed by atoms with Crippen molar-refractivity contribution >= 4 is 121 Å². The van der Waals surface area contributed by atoms with Gasteiger partial charge in [0, 0.05) is 195 Å². The number of nitrogens with one attached hydrogen (secondary N) is 4. The Labute approximate surface area is 661 Å². The first-order valence-corrected chi connectivity index (χ1v) is 36.7. The lowest BCUT2D eigenvalue weighted by Crippen LogP contribution is -2.47. The van der Waals surface area contributed by atoms with Crippen molar-refractivity contribution in [1.82, 2.24) is 64.5 Å². The molecule has 3 amide bonds. The third-order valence-corrected chi connectivity index (χ3v) is 17.9. The van der Waals surface area contributed by atoms with Crippen LogP contribution in [-0.4, -0.2) is 244 Å². The zero-order valence-electron chi connectivity index (χ0n) is 62.8. The maximum atomic E-state index is 13.3. The molecule has 590 valence electrons. The van der Waals surface area contributed by atoms with Crippen molar-refractivity contribution in [1.29, 1.82) is 5.26 Å². The van der Waals surface area contributed by atoms with Gasteiger partial charge in [0.1, 0.15) is 23.3 Å². The van der Waals surface area contributed by atoms with E-state index in [9.17, 15) is 48.2 Å². The highest BCUT2D eigenvalue weighted by Crippen LogP contribution is 2.26. The second kappa shape index (κ2) is 48.4. The van der Waals surface area contributed by atoms with Crippen molar-refractivity contribution in [3.63, 3.8) is 0 Å². The number of halogens is 6. The number of nitriles is 1. The molecule has 0 aliphatic carbocycles. The number of amides is 3. The normalized spacial score (nSPS) is 14.1. The summed E-state index contributed by atoms with van der Waals surface area (Å²) in [5, 5.41) is 40.0. The van der Waals surface area contributed by atoms with Crippen LogP contribution in [0.15, 0.2) is 158 Å². The summed E-state index contributed by atoms with van der Waals surface area (Å²) in [5.74, 6) is 0.576. The maximum Gasteiger partial charge on any atom is 0.269 e. The van der Waals surface area contributed by atoms with Crippen molar-refractivity contribution in [2.75, 3.05) is 174 Å². The molecular weight excluding hydrogens is 1500 g/mol. The highest BCUT2D eigenvalue weighted by Gasteiger charge is 2.24. The van der Waals surface area contributed by atoms with Gasteiger partial charge in [0.05, 0.1) is 26.0 Å². The summed E-state index contributed by atoms with van der Waals surface area (Å²) in [5.41, 5.74) is 10.4. The lowest BCUT2D eigenvalue weighted by Gasteiger charge is -2.32. The number of piperazine rings is 4. The van der Waals surface area contributed by atoms with E-state index < -0.39 is 26.7 Å². The molecule has 0 unspecified atom stereocenters. The van der Waals surface area contributed by atoms with Crippen LogP contribution in [0.2, 0.25) is 15.3 Å². The fraction of sp³-hybridized carbons (Fsp3) is 0.355. The quantitative estimate of drug-likeness (QED) is 0.0209. The van der Waals surface area contributed by atoms with Crippen LogP contribution in [0.5, 0.6) is 0 Å². The smallest absolute Gasteiger partial charge is 0.269 e. The zero-order chi connectivity index (χ0) is 80.7. The molecule has 2 aromatic heterocycles. The van der Waals surface area contributed by atoms with Crippen LogP contribution in [-0.2, 0) is 0 Å². The molecule has 4 aliphatic heterocycles. The number of nitro benzene ring substituents is 2. The summed E-state index contributed by atoms with van der Waals surface area (Å²) in [6.07, 6.45) is 3.12.